The third-order valence-corrected chi connectivity index (χ3v) is 2.80. The molecule has 86 valence electrons. The van der Waals surface area contributed by atoms with Gasteiger partial charge in [0.1, 0.15) is 6.61 Å². The number of nitrogens with zero attached hydrogens (tertiary/aromatic N) is 2. The zero-order valence-electron chi connectivity index (χ0n) is 8.88. The maximum atomic E-state index is 10.9. The lowest BCUT2D eigenvalue weighted by Crippen LogP contribution is -2.07. The van der Waals surface area contributed by atoms with Crippen LogP contribution in [0.3, 0.4) is 0 Å². The van der Waals surface area contributed by atoms with Crippen LogP contribution in [-0.2, 0) is 4.74 Å². The van der Waals surface area contributed by atoms with Gasteiger partial charge >= 0.3 is 0 Å². The maximum Gasteiger partial charge on any atom is 0.244 e. The lowest BCUT2D eigenvalue weighted by Gasteiger charge is -2.03. The Balaban J connectivity index is 2.10. The maximum absolute atomic E-state index is 10.9. The quantitative estimate of drug-likeness (QED) is 0.568. The van der Waals surface area contributed by atoms with E-state index in [-0.39, 0.29) is 0 Å². The fraction of sp³-hybridized carbons (Fsp3) is 0.400. The second-order valence-electron chi connectivity index (χ2n) is 3.02. The molecule has 0 N–H and O–H groups in total. The van der Waals surface area contributed by atoms with Crippen LogP contribution in [0, 0.1) is 0 Å². The molecular weight excluding hydrogens is 228 g/mol. The van der Waals surface area contributed by atoms with Crippen LogP contribution < -0.4 is 4.74 Å². The van der Waals surface area contributed by atoms with Crippen LogP contribution >= 0.6 is 11.3 Å². The first-order valence-electron chi connectivity index (χ1n) is 4.98. The van der Waals surface area contributed by atoms with Crippen LogP contribution in [0.1, 0.15) is 17.4 Å². The number of hydrogen-bond acceptors (Lipinski definition) is 5. The van der Waals surface area contributed by atoms with Gasteiger partial charge in [-0.25, -0.2) is 0 Å². The molecule has 0 aromatic carbocycles. The molecule has 0 aliphatic heterocycles. The van der Waals surface area contributed by atoms with Gasteiger partial charge in [0, 0.05) is 18.2 Å². The molecule has 2 aromatic rings. The molecule has 0 unspecified atom stereocenters. The summed E-state index contributed by atoms with van der Waals surface area (Å²) in [6.07, 6.45) is 2.55. The Morgan fingerprint density at radius 2 is 2.44 bits per heavy atom. The zero-order chi connectivity index (χ0) is 11.4. The SMILES string of the molecule is CCOCCOc1nc2sccn2c1C=O. The molecule has 5 nitrogen and oxygen atoms in total. The van der Waals surface area contributed by atoms with Crippen molar-refractivity contribution in [2.24, 2.45) is 0 Å². The molecule has 0 bridgehead atoms. The molecule has 0 saturated heterocycles. The van der Waals surface area contributed by atoms with Crippen molar-refractivity contribution in [1.82, 2.24) is 9.38 Å². The van der Waals surface area contributed by atoms with Crippen LogP contribution in [-0.4, -0.2) is 35.5 Å². The summed E-state index contributed by atoms with van der Waals surface area (Å²) in [5.74, 6) is 0.376. The minimum Gasteiger partial charge on any atom is -0.474 e. The van der Waals surface area contributed by atoms with E-state index in [1.165, 1.54) is 11.3 Å². The van der Waals surface area contributed by atoms with Crippen molar-refractivity contribution in [2.45, 2.75) is 6.92 Å². The van der Waals surface area contributed by atoms with E-state index in [0.717, 1.165) is 11.2 Å². The van der Waals surface area contributed by atoms with Gasteiger partial charge in [-0.3, -0.25) is 9.20 Å². The van der Waals surface area contributed by atoms with Crippen LogP contribution in [0.2, 0.25) is 0 Å². The average molecular weight is 240 g/mol. The molecule has 6 heteroatoms. The summed E-state index contributed by atoms with van der Waals surface area (Å²) in [4.78, 5) is 15.9. The highest BCUT2D eigenvalue weighted by atomic mass is 32.1. The number of aromatic nitrogens is 2. The lowest BCUT2D eigenvalue weighted by molar-refractivity contribution is 0.105. The number of ether oxygens (including phenoxy) is 2. The van der Waals surface area contributed by atoms with E-state index < -0.39 is 0 Å². The van der Waals surface area contributed by atoms with Crippen molar-refractivity contribution in [3.8, 4) is 5.88 Å². The number of aldehydes is 1. The molecule has 0 aliphatic carbocycles. The normalized spacial score (nSPS) is 10.8. The summed E-state index contributed by atoms with van der Waals surface area (Å²) < 4.78 is 12.2. The van der Waals surface area contributed by atoms with Crippen molar-refractivity contribution in [3.05, 3.63) is 17.3 Å². The Bertz CT molecular complexity index is 477. The number of rotatable bonds is 6. The molecule has 2 heterocycles. The fourth-order valence-electron chi connectivity index (χ4n) is 1.34. The topological polar surface area (TPSA) is 52.8 Å². The van der Waals surface area contributed by atoms with Gasteiger partial charge in [-0.1, -0.05) is 0 Å². The van der Waals surface area contributed by atoms with E-state index >= 15 is 0 Å². The van der Waals surface area contributed by atoms with E-state index in [9.17, 15) is 4.79 Å². The molecule has 0 atom stereocenters. The Hall–Kier alpha value is -1.40. The second kappa shape index (κ2) is 5.09. The highest BCUT2D eigenvalue weighted by Crippen LogP contribution is 2.21. The number of carbonyl (C=O) groups excluding carboxylic acids is 1. The van der Waals surface area contributed by atoms with Crippen molar-refractivity contribution >= 4 is 22.6 Å². The Kier molecular flexibility index (Phi) is 3.53. The van der Waals surface area contributed by atoms with Gasteiger partial charge in [-0.15, -0.1) is 11.3 Å². The Morgan fingerprint density at radius 3 is 3.19 bits per heavy atom. The summed E-state index contributed by atoms with van der Waals surface area (Å²) in [5, 5.41) is 1.87. The third kappa shape index (κ3) is 2.07. The number of carbonyl (C=O) groups is 1. The monoisotopic (exact) mass is 240 g/mol. The van der Waals surface area contributed by atoms with Gasteiger partial charge in [0.25, 0.3) is 0 Å². The number of fused-ring (bicyclic) bond motifs is 1. The Morgan fingerprint density at radius 1 is 1.56 bits per heavy atom. The molecule has 16 heavy (non-hydrogen) atoms. The largest absolute Gasteiger partial charge is 0.474 e. The van der Waals surface area contributed by atoms with Crippen molar-refractivity contribution in [1.29, 1.82) is 0 Å². The minimum atomic E-state index is 0.376. The fourth-order valence-corrected chi connectivity index (χ4v) is 2.05. The van der Waals surface area contributed by atoms with Crippen LogP contribution in [0.15, 0.2) is 11.6 Å². The summed E-state index contributed by atoms with van der Waals surface area (Å²) >= 11 is 1.46. The predicted octanol–water partition coefficient (Wildman–Crippen LogP) is 1.62. The highest BCUT2D eigenvalue weighted by molar-refractivity contribution is 7.15. The summed E-state index contributed by atoms with van der Waals surface area (Å²) in [7, 11) is 0. The van der Waals surface area contributed by atoms with Crippen molar-refractivity contribution < 1.29 is 14.3 Å². The first kappa shape index (κ1) is 11.1. The van der Waals surface area contributed by atoms with Crippen molar-refractivity contribution in [3.63, 3.8) is 0 Å². The van der Waals surface area contributed by atoms with Crippen molar-refractivity contribution in [2.75, 3.05) is 19.8 Å². The van der Waals surface area contributed by atoms with E-state index in [1.54, 1.807) is 10.6 Å². The third-order valence-electron chi connectivity index (χ3n) is 2.05. The van der Waals surface area contributed by atoms with E-state index in [2.05, 4.69) is 4.98 Å². The van der Waals surface area contributed by atoms with Crippen LogP contribution in [0.25, 0.3) is 4.96 Å². The second-order valence-corrected chi connectivity index (χ2v) is 3.89. The molecule has 2 aromatic heterocycles. The molecule has 0 saturated carbocycles. The number of imidazole rings is 1. The summed E-state index contributed by atoms with van der Waals surface area (Å²) in [6.45, 7) is 3.48. The van der Waals surface area contributed by atoms with Gasteiger partial charge in [0.2, 0.25) is 5.88 Å². The number of hydrogen-bond donors (Lipinski definition) is 0. The van der Waals surface area contributed by atoms with E-state index in [1.807, 2.05) is 12.3 Å². The van der Waals surface area contributed by atoms with Crippen LogP contribution in [0.5, 0.6) is 5.88 Å². The van der Waals surface area contributed by atoms with E-state index in [4.69, 9.17) is 9.47 Å². The summed E-state index contributed by atoms with van der Waals surface area (Å²) in [5.41, 5.74) is 0.452. The van der Waals surface area contributed by atoms with Gasteiger partial charge in [-0.2, -0.15) is 4.98 Å². The molecule has 0 fully saturated rings. The Labute approximate surface area is 96.6 Å². The molecule has 0 aliphatic rings. The standard InChI is InChI=1S/C10H12N2O3S/c1-2-14-4-5-15-9-8(7-13)12-3-6-16-10(12)11-9/h3,6-7H,2,4-5H2,1H3. The number of thiazole rings is 1. The van der Waals surface area contributed by atoms with Gasteiger partial charge in [0.15, 0.2) is 16.9 Å². The smallest absolute Gasteiger partial charge is 0.244 e. The van der Waals surface area contributed by atoms with Gasteiger partial charge < -0.3 is 9.47 Å². The van der Waals surface area contributed by atoms with Gasteiger partial charge in [-0.05, 0) is 6.92 Å². The molecule has 2 rings (SSSR count). The van der Waals surface area contributed by atoms with E-state index in [0.29, 0.717) is 31.4 Å². The lowest BCUT2D eigenvalue weighted by atomic mass is 10.5. The first-order chi connectivity index (χ1) is 7.86. The molecule has 0 radical (unpaired) electrons. The molecule has 0 amide bonds. The van der Waals surface area contributed by atoms with Crippen LogP contribution in [0.4, 0.5) is 0 Å². The molecule has 0 spiro atoms. The molecular formula is C10H12N2O3S. The minimum absolute atomic E-state index is 0.376. The first-order valence-corrected chi connectivity index (χ1v) is 5.86. The van der Waals surface area contributed by atoms with Gasteiger partial charge in [0.05, 0.1) is 6.61 Å². The predicted molar refractivity (Wildman–Crippen MR) is 60.4 cm³/mol. The summed E-state index contributed by atoms with van der Waals surface area (Å²) in [6, 6.07) is 0. The zero-order valence-corrected chi connectivity index (χ0v) is 9.70. The highest BCUT2D eigenvalue weighted by Gasteiger charge is 2.13. The average Bonchev–Trinajstić information content (AvgIpc) is 2.84.